The first-order valence-electron chi connectivity index (χ1n) is 5.93. The van der Waals surface area contributed by atoms with E-state index in [-0.39, 0.29) is 5.78 Å². The fourth-order valence-electron chi connectivity index (χ4n) is 1.91. The molecule has 1 aliphatic rings. The molecule has 1 aromatic carbocycles. The summed E-state index contributed by atoms with van der Waals surface area (Å²) < 4.78 is 11.2. The molecule has 0 unspecified atom stereocenters. The molecule has 0 N–H and O–H groups in total. The molecule has 2 rings (SSSR count). The molecule has 1 heterocycles. The van der Waals surface area contributed by atoms with Crippen LogP contribution >= 0.6 is 11.8 Å². The molecular formula is C13H17NO2S2. The van der Waals surface area contributed by atoms with Gasteiger partial charge in [-0.2, -0.15) is 0 Å². The maximum Gasteiger partial charge on any atom is 0.176 e. The molecule has 1 aromatic rings. The Balaban J connectivity index is 1.92. The van der Waals surface area contributed by atoms with Crippen molar-refractivity contribution < 1.29 is 9.00 Å². The Hall–Kier alpha value is -0.650. The monoisotopic (exact) mass is 283 g/mol. The van der Waals surface area contributed by atoms with E-state index in [0.29, 0.717) is 18.1 Å². The van der Waals surface area contributed by atoms with E-state index in [1.165, 1.54) is 4.90 Å². The molecule has 1 aliphatic heterocycles. The Labute approximate surface area is 114 Å². The molecule has 0 saturated carbocycles. The quantitative estimate of drug-likeness (QED) is 0.622. The van der Waals surface area contributed by atoms with Gasteiger partial charge in [-0.25, -0.2) is 0 Å². The predicted molar refractivity (Wildman–Crippen MR) is 76.9 cm³/mol. The topological polar surface area (TPSA) is 37.4 Å². The van der Waals surface area contributed by atoms with Crippen LogP contribution in [0.2, 0.25) is 0 Å². The summed E-state index contributed by atoms with van der Waals surface area (Å²) in [5, 5.41) is 0. The maximum atomic E-state index is 12.1. The lowest BCUT2D eigenvalue weighted by Gasteiger charge is -2.25. The Kier molecular flexibility index (Phi) is 4.97. The summed E-state index contributed by atoms with van der Waals surface area (Å²) in [6.45, 7) is 1.97. The number of hydrogen-bond acceptors (Lipinski definition) is 4. The molecule has 0 radical (unpaired) electrons. The van der Waals surface area contributed by atoms with Gasteiger partial charge in [0.2, 0.25) is 0 Å². The molecule has 3 nitrogen and oxygen atoms in total. The van der Waals surface area contributed by atoms with Crippen molar-refractivity contribution in [3.63, 3.8) is 0 Å². The minimum atomic E-state index is -0.680. The third-order valence-corrected chi connectivity index (χ3v) is 5.07. The highest BCUT2D eigenvalue weighted by molar-refractivity contribution is 7.98. The second-order valence-corrected chi connectivity index (χ2v) is 6.85. The van der Waals surface area contributed by atoms with Crippen LogP contribution in [0.4, 0.5) is 0 Å². The molecule has 0 amide bonds. The number of rotatable bonds is 4. The molecule has 98 valence electrons. The van der Waals surface area contributed by atoms with E-state index in [2.05, 4.69) is 4.90 Å². The van der Waals surface area contributed by atoms with Crippen LogP contribution in [0.15, 0.2) is 29.2 Å². The number of ketones is 1. The van der Waals surface area contributed by atoms with Gasteiger partial charge in [-0.05, 0) is 18.4 Å². The molecule has 0 atom stereocenters. The van der Waals surface area contributed by atoms with E-state index in [1.54, 1.807) is 11.8 Å². The van der Waals surface area contributed by atoms with E-state index < -0.39 is 10.8 Å². The number of carbonyl (C=O) groups excluding carboxylic acids is 1. The number of hydrogen-bond donors (Lipinski definition) is 0. The molecule has 18 heavy (non-hydrogen) atoms. The summed E-state index contributed by atoms with van der Waals surface area (Å²) in [5.74, 6) is 1.53. The van der Waals surface area contributed by atoms with Gasteiger partial charge in [0.05, 0.1) is 6.54 Å². The zero-order valence-electron chi connectivity index (χ0n) is 10.4. The van der Waals surface area contributed by atoms with Gasteiger partial charge in [-0.3, -0.25) is 13.9 Å². The highest BCUT2D eigenvalue weighted by Gasteiger charge is 2.18. The third kappa shape index (κ3) is 3.67. The first kappa shape index (κ1) is 13.8. The fraction of sp³-hybridized carbons (Fsp3) is 0.462. The van der Waals surface area contributed by atoms with E-state index >= 15 is 0 Å². The number of carbonyl (C=O) groups is 1. The average Bonchev–Trinajstić information content (AvgIpc) is 2.41. The standard InChI is InChI=1S/C13H17NO2S2/c1-17-12-4-2-11(3-5-12)13(15)10-14-6-8-18(16)9-7-14/h2-5H,6-10H2,1H3. The van der Waals surface area contributed by atoms with Gasteiger partial charge in [0.15, 0.2) is 5.78 Å². The van der Waals surface area contributed by atoms with E-state index in [4.69, 9.17) is 0 Å². The molecule has 5 heteroatoms. The summed E-state index contributed by atoms with van der Waals surface area (Å²) in [6, 6.07) is 7.72. The fourth-order valence-corrected chi connectivity index (χ4v) is 3.44. The second kappa shape index (κ2) is 6.50. The van der Waals surface area contributed by atoms with Crippen LogP contribution in [0.1, 0.15) is 10.4 Å². The molecule has 1 fully saturated rings. The highest BCUT2D eigenvalue weighted by Crippen LogP contribution is 2.15. The molecule has 0 aromatic heterocycles. The maximum absolute atomic E-state index is 12.1. The summed E-state index contributed by atoms with van der Waals surface area (Å²) in [6.07, 6.45) is 2.02. The third-order valence-electron chi connectivity index (χ3n) is 3.05. The molecule has 0 bridgehead atoms. The van der Waals surface area contributed by atoms with E-state index in [0.717, 1.165) is 18.7 Å². The second-order valence-electron chi connectivity index (χ2n) is 4.28. The summed E-state index contributed by atoms with van der Waals surface area (Å²) in [5.41, 5.74) is 0.763. The van der Waals surface area contributed by atoms with E-state index in [1.807, 2.05) is 30.5 Å². The zero-order chi connectivity index (χ0) is 13.0. The number of nitrogens with zero attached hydrogens (tertiary/aromatic N) is 1. The molecule has 0 aliphatic carbocycles. The van der Waals surface area contributed by atoms with Crippen molar-refractivity contribution in [2.24, 2.45) is 0 Å². The zero-order valence-corrected chi connectivity index (χ0v) is 12.1. The summed E-state index contributed by atoms with van der Waals surface area (Å²) in [4.78, 5) is 15.3. The van der Waals surface area contributed by atoms with Crippen molar-refractivity contribution in [3.05, 3.63) is 29.8 Å². The van der Waals surface area contributed by atoms with Crippen LogP contribution < -0.4 is 0 Å². The minimum absolute atomic E-state index is 0.148. The summed E-state index contributed by atoms with van der Waals surface area (Å²) >= 11 is 1.67. The molecule has 0 spiro atoms. The van der Waals surface area contributed by atoms with Crippen molar-refractivity contribution >= 4 is 28.3 Å². The normalized spacial score (nSPS) is 17.8. The van der Waals surface area contributed by atoms with Crippen molar-refractivity contribution in [2.75, 3.05) is 37.4 Å². The van der Waals surface area contributed by atoms with Crippen LogP contribution in [0.5, 0.6) is 0 Å². The van der Waals surface area contributed by atoms with Gasteiger partial charge in [0.25, 0.3) is 0 Å². The lowest BCUT2D eigenvalue weighted by molar-refractivity contribution is 0.0936. The SMILES string of the molecule is CSc1ccc(C(=O)CN2CCS(=O)CC2)cc1. The average molecular weight is 283 g/mol. The predicted octanol–water partition coefficient (Wildman–Crippen LogP) is 1.66. The van der Waals surface area contributed by atoms with Crippen LogP contribution in [-0.2, 0) is 10.8 Å². The van der Waals surface area contributed by atoms with Gasteiger partial charge >= 0.3 is 0 Å². The Bertz CT molecular complexity index is 435. The van der Waals surface area contributed by atoms with Gasteiger partial charge in [-0.15, -0.1) is 11.8 Å². The Morgan fingerprint density at radius 2 is 1.89 bits per heavy atom. The van der Waals surface area contributed by atoms with Crippen molar-refractivity contribution in [2.45, 2.75) is 4.90 Å². The lowest BCUT2D eigenvalue weighted by Crippen LogP contribution is -2.40. The van der Waals surface area contributed by atoms with Gasteiger partial charge in [-0.1, -0.05) is 12.1 Å². The van der Waals surface area contributed by atoms with Gasteiger partial charge < -0.3 is 0 Å². The van der Waals surface area contributed by atoms with Gasteiger partial charge in [0, 0.05) is 45.9 Å². The number of thioether (sulfide) groups is 1. The lowest BCUT2D eigenvalue weighted by atomic mass is 10.1. The number of benzene rings is 1. The van der Waals surface area contributed by atoms with Crippen molar-refractivity contribution in [1.29, 1.82) is 0 Å². The van der Waals surface area contributed by atoms with Crippen molar-refractivity contribution in [1.82, 2.24) is 4.90 Å². The van der Waals surface area contributed by atoms with Gasteiger partial charge in [0.1, 0.15) is 0 Å². The largest absolute Gasteiger partial charge is 0.294 e. The van der Waals surface area contributed by atoms with Crippen LogP contribution in [0.3, 0.4) is 0 Å². The highest BCUT2D eigenvalue weighted by atomic mass is 32.2. The number of Topliss-reactive ketones (excluding diaryl/α,β-unsaturated/α-hetero) is 1. The van der Waals surface area contributed by atoms with Crippen LogP contribution in [0, 0.1) is 0 Å². The van der Waals surface area contributed by atoms with E-state index in [9.17, 15) is 9.00 Å². The molecule has 1 saturated heterocycles. The minimum Gasteiger partial charge on any atom is -0.294 e. The van der Waals surface area contributed by atoms with Crippen molar-refractivity contribution in [3.8, 4) is 0 Å². The van der Waals surface area contributed by atoms with Crippen LogP contribution in [-0.4, -0.2) is 52.3 Å². The molecular weight excluding hydrogens is 266 g/mol. The summed E-state index contributed by atoms with van der Waals surface area (Å²) in [7, 11) is -0.680. The Morgan fingerprint density at radius 1 is 1.28 bits per heavy atom. The smallest absolute Gasteiger partial charge is 0.176 e. The van der Waals surface area contributed by atoms with Crippen LogP contribution in [0.25, 0.3) is 0 Å². The first-order chi connectivity index (χ1) is 8.69. The first-order valence-corrected chi connectivity index (χ1v) is 8.65. The Morgan fingerprint density at radius 3 is 2.44 bits per heavy atom.